The van der Waals surface area contributed by atoms with Crippen molar-refractivity contribution in [3.05, 3.63) is 54.1 Å². The van der Waals surface area contributed by atoms with Crippen LogP contribution in [0.4, 0.5) is 10.1 Å². The topological polar surface area (TPSA) is 71.5 Å². The van der Waals surface area contributed by atoms with Gasteiger partial charge >= 0.3 is 0 Å². The standard InChI is InChI=1S/C17H18FN3O3S/c1-12-2-5-15(6-3-12)25(22,23)24-17-8-13(20-11-17)10-21(17)14-4-7-16(18)19-9-14/h2-7,9,13,20H,8,10-11H2,1H3/t13-,17-/m1/s1. The molecule has 1 aromatic heterocycles. The molecule has 1 N–H and O–H groups in total. The van der Waals surface area contributed by atoms with Crippen molar-refractivity contribution in [1.82, 2.24) is 10.3 Å². The number of fused-ring (bicyclic) bond motifs is 2. The minimum Gasteiger partial charge on any atom is -0.339 e. The number of nitrogens with zero attached hydrogens (tertiary/aromatic N) is 2. The first-order chi connectivity index (χ1) is 11.9. The van der Waals surface area contributed by atoms with E-state index in [9.17, 15) is 12.8 Å². The molecular formula is C17H18FN3O3S. The van der Waals surface area contributed by atoms with Crippen molar-refractivity contribution < 1.29 is 17.0 Å². The molecule has 1 aromatic carbocycles. The summed E-state index contributed by atoms with van der Waals surface area (Å²) in [7, 11) is -3.93. The van der Waals surface area contributed by atoms with Crippen LogP contribution in [0.2, 0.25) is 0 Å². The van der Waals surface area contributed by atoms with Crippen LogP contribution in [0.3, 0.4) is 0 Å². The summed E-state index contributed by atoms with van der Waals surface area (Å²) in [6, 6.07) is 9.53. The number of benzene rings is 1. The van der Waals surface area contributed by atoms with Crippen LogP contribution >= 0.6 is 0 Å². The van der Waals surface area contributed by atoms with Gasteiger partial charge in [-0.25, -0.2) is 9.17 Å². The molecule has 8 heteroatoms. The fourth-order valence-corrected chi connectivity index (χ4v) is 4.68. The lowest BCUT2D eigenvalue weighted by molar-refractivity contribution is 0.105. The summed E-state index contributed by atoms with van der Waals surface area (Å²) in [5.74, 6) is -0.575. The van der Waals surface area contributed by atoms with Gasteiger partial charge in [-0.2, -0.15) is 12.8 Å². The summed E-state index contributed by atoms with van der Waals surface area (Å²) < 4.78 is 44.3. The van der Waals surface area contributed by atoms with E-state index in [1.807, 2.05) is 11.8 Å². The van der Waals surface area contributed by atoms with Gasteiger partial charge in [0, 0.05) is 25.6 Å². The molecule has 2 bridgehead atoms. The van der Waals surface area contributed by atoms with Crippen LogP contribution in [0.15, 0.2) is 47.5 Å². The van der Waals surface area contributed by atoms with Gasteiger partial charge in [-0.15, -0.1) is 0 Å². The molecule has 2 aliphatic heterocycles. The molecule has 132 valence electrons. The fourth-order valence-electron chi connectivity index (χ4n) is 3.49. The number of hydrogen-bond acceptors (Lipinski definition) is 6. The summed E-state index contributed by atoms with van der Waals surface area (Å²) in [6.07, 6.45) is 1.94. The highest BCUT2D eigenvalue weighted by atomic mass is 32.2. The van der Waals surface area contributed by atoms with E-state index in [2.05, 4.69) is 10.3 Å². The lowest BCUT2D eigenvalue weighted by Gasteiger charge is -2.39. The van der Waals surface area contributed by atoms with Crippen LogP contribution in [-0.4, -0.2) is 38.3 Å². The van der Waals surface area contributed by atoms with Gasteiger partial charge in [0.1, 0.15) is 0 Å². The number of halogens is 1. The van der Waals surface area contributed by atoms with E-state index in [0.717, 1.165) is 5.56 Å². The number of anilines is 1. The second-order valence-electron chi connectivity index (χ2n) is 6.53. The molecule has 0 amide bonds. The van der Waals surface area contributed by atoms with Crippen molar-refractivity contribution in [2.24, 2.45) is 0 Å². The van der Waals surface area contributed by atoms with Crippen molar-refractivity contribution >= 4 is 15.8 Å². The van der Waals surface area contributed by atoms with Gasteiger partial charge in [-0.3, -0.25) is 0 Å². The Kier molecular flexibility index (Phi) is 3.78. The fraction of sp³-hybridized carbons (Fsp3) is 0.353. The Morgan fingerprint density at radius 1 is 1.28 bits per heavy atom. The lowest BCUT2D eigenvalue weighted by Crippen LogP contribution is -2.55. The van der Waals surface area contributed by atoms with Crippen LogP contribution < -0.4 is 10.2 Å². The quantitative estimate of drug-likeness (QED) is 0.660. The highest BCUT2D eigenvalue weighted by molar-refractivity contribution is 7.86. The third kappa shape index (κ3) is 2.90. The predicted molar refractivity (Wildman–Crippen MR) is 90.1 cm³/mol. The molecule has 2 aromatic rings. The van der Waals surface area contributed by atoms with E-state index in [1.165, 1.54) is 12.3 Å². The zero-order chi connectivity index (χ0) is 17.7. The summed E-state index contributed by atoms with van der Waals surface area (Å²) in [5, 5.41) is 3.27. The van der Waals surface area contributed by atoms with Crippen LogP contribution in [0.5, 0.6) is 0 Å². The third-order valence-corrected chi connectivity index (χ3v) is 6.10. The first-order valence-electron chi connectivity index (χ1n) is 8.03. The Balaban J connectivity index is 1.67. The summed E-state index contributed by atoms with van der Waals surface area (Å²) >= 11 is 0. The Bertz CT molecular complexity index is 886. The zero-order valence-corrected chi connectivity index (χ0v) is 14.5. The van der Waals surface area contributed by atoms with Crippen LogP contribution in [-0.2, 0) is 14.3 Å². The van der Waals surface area contributed by atoms with E-state index in [1.54, 1.807) is 30.3 Å². The number of pyridine rings is 1. The average Bonchev–Trinajstić information content (AvgIpc) is 3.13. The number of hydrogen-bond donors (Lipinski definition) is 1. The number of aromatic nitrogens is 1. The molecule has 0 radical (unpaired) electrons. The van der Waals surface area contributed by atoms with E-state index in [-0.39, 0.29) is 10.9 Å². The van der Waals surface area contributed by atoms with Crippen molar-refractivity contribution in [3.8, 4) is 0 Å². The van der Waals surface area contributed by atoms with Gasteiger partial charge in [-0.1, -0.05) is 17.7 Å². The van der Waals surface area contributed by atoms with Gasteiger partial charge < -0.3 is 10.2 Å². The Morgan fingerprint density at radius 2 is 2.04 bits per heavy atom. The summed E-state index contributed by atoms with van der Waals surface area (Å²) in [6.45, 7) is 2.85. The van der Waals surface area contributed by atoms with Crippen molar-refractivity contribution in [1.29, 1.82) is 0 Å². The summed E-state index contributed by atoms with van der Waals surface area (Å²) in [4.78, 5) is 5.65. The number of aryl methyl sites for hydroxylation is 1. The maximum absolute atomic E-state index is 13.1. The average molecular weight is 363 g/mol. The van der Waals surface area contributed by atoms with Crippen LogP contribution in [0.25, 0.3) is 0 Å². The molecule has 6 nitrogen and oxygen atoms in total. The smallest absolute Gasteiger partial charge is 0.299 e. The highest BCUT2D eigenvalue weighted by Gasteiger charge is 2.54. The van der Waals surface area contributed by atoms with E-state index >= 15 is 0 Å². The third-order valence-electron chi connectivity index (χ3n) is 4.73. The van der Waals surface area contributed by atoms with Crippen LogP contribution in [0, 0.1) is 12.9 Å². The van der Waals surface area contributed by atoms with E-state index in [0.29, 0.717) is 25.2 Å². The Hall–Kier alpha value is -2.03. The van der Waals surface area contributed by atoms with Crippen molar-refractivity contribution in [2.75, 3.05) is 18.0 Å². The van der Waals surface area contributed by atoms with Gasteiger partial charge in [0.05, 0.1) is 16.8 Å². The van der Waals surface area contributed by atoms with Gasteiger partial charge in [0.25, 0.3) is 10.1 Å². The monoisotopic (exact) mass is 363 g/mol. The molecule has 2 aliphatic rings. The zero-order valence-electron chi connectivity index (χ0n) is 13.6. The molecule has 2 saturated heterocycles. The van der Waals surface area contributed by atoms with Crippen molar-refractivity contribution in [2.45, 2.75) is 30.0 Å². The van der Waals surface area contributed by atoms with Gasteiger partial charge in [-0.05, 0) is 31.2 Å². The van der Waals surface area contributed by atoms with Crippen LogP contribution in [0.1, 0.15) is 12.0 Å². The molecule has 0 saturated carbocycles. The summed E-state index contributed by atoms with van der Waals surface area (Å²) in [5.41, 5.74) is 0.595. The minimum atomic E-state index is -3.93. The second-order valence-corrected chi connectivity index (χ2v) is 8.07. The lowest BCUT2D eigenvalue weighted by atomic mass is 10.2. The number of nitrogens with one attached hydrogen (secondary N) is 1. The maximum atomic E-state index is 13.1. The largest absolute Gasteiger partial charge is 0.339 e. The second kappa shape index (κ2) is 5.76. The molecule has 0 unspecified atom stereocenters. The molecule has 0 aliphatic carbocycles. The van der Waals surface area contributed by atoms with Gasteiger partial charge in [0.15, 0.2) is 5.72 Å². The predicted octanol–water partition coefficient (Wildman–Crippen LogP) is 1.81. The van der Waals surface area contributed by atoms with Gasteiger partial charge in [0.2, 0.25) is 5.95 Å². The molecular weight excluding hydrogens is 345 g/mol. The Labute approximate surface area is 145 Å². The first kappa shape index (κ1) is 16.4. The SMILES string of the molecule is Cc1ccc(S(=O)(=O)O[C@]23CN[C@@H](CN2c2ccc(F)nc2)C3)cc1. The van der Waals surface area contributed by atoms with E-state index in [4.69, 9.17) is 4.18 Å². The molecule has 2 fully saturated rings. The molecule has 25 heavy (non-hydrogen) atoms. The molecule has 4 rings (SSSR count). The van der Waals surface area contributed by atoms with Crippen molar-refractivity contribution in [3.63, 3.8) is 0 Å². The number of piperazine rings is 1. The highest BCUT2D eigenvalue weighted by Crippen LogP contribution is 2.40. The van der Waals surface area contributed by atoms with E-state index < -0.39 is 21.8 Å². The molecule has 0 spiro atoms. The Morgan fingerprint density at radius 3 is 2.68 bits per heavy atom. The first-order valence-corrected chi connectivity index (χ1v) is 9.44. The molecule has 3 heterocycles. The maximum Gasteiger partial charge on any atom is 0.299 e. The molecule has 2 atom stereocenters. The minimum absolute atomic E-state index is 0.123. The number of rotatable bonds is 4. The normalized spacial score (nSPS) is 25.5.